The number of amides is 2. The van der Waals surface area contributed by atoms with Gasteiger partial charge in [0.2, 0.25) is 5.82 Å². The van der Waals surface area contributed by atoms with Gasteiger partial charge in [-0.3, -0.25) is 19.2 Å². The van der Waals surface area contributed by atoms with E-state index in [4.69, 9.17) is 0 Å². The molecular weight excluding hydrogens is 1160 g/mol. The average molecular weight is 1260 g/mol. The Morgan fingerprint density at radius 3 is 1.57 bits per heavy atom. The first-order valence-electron chi connectivity index (χ1n) is 30.4. The highest BCUT2D eigenvalue weighted by molar-refractivity contribution is 6.01. The predicted octanol–water partition coefficient (Wildman–Crippen LogP) is 12.2. The molecule has 0 atom stereocenters. The Labute approximate surface area is 541 Å². The fourth-order valence-corrected chi connectivity index (χ4v) is 9.08. The molecule has 0 spiro atoms. The number of hydrogen-bond acceptors (Lipinski definition) is 18. The maximum Gasteiger partial charge on any atom is 0.279 e. The van der Waals surface area contributed by atoms with E-state index in [1.807, 2.05) is 117 Å². The van der Waals surface area contributed by atoms with Gasteiger partial charge in [-0.1, -0.05) is 27.2 Å². The van der Waals surface area contributed by atoms with E-state index in [1.54, 1.807) is 37.5 Å². The molecule has 0 saturated carbocycles. The van der Waals surface area contributed by atoms with Crippen LogP contribution in [0.1, 0.15) is 212 Å². The normalized spacial score (nSPS) is 13.5. The van der Waals surface area contributed by atoms with Crippen LogP contribution in [-0.2, 0) is 4.79 Å². The number of nitrogens with zero attached hydrogens (tertiary/aromatic N) is 18. The first kappa shape index (κ1) is 74.7. The smallest absolute Gasteiger partial charge is 0.279 e. The third kappa shape index (κ3) is 18.9. The number of anilines is 1. The van der Waals surface area contributed by atoms with Crippen LogP contribution in [0.5, 0.6) is 0 Å². The molecule has 0 aliphatic carbocycles. The van der Waals surface area contributed by atoms with Gasteiger partial charge in [0.05, 0.1) is 30.4 Å². The summed E-state index contributed by atoms with van der Waals surface area (Å²) in [6, 6.07) is 4.46. The Kier molecular flexibility index (Phi) is 26.2. The first-order valence-corrected chi connectivity index (χ1v) is 30.4. The van der Waals surface area contributed by atoms with Crippen LogP contribution in [0, 0.1) is 34.6 Å². The number of rotatable bonds is 8. The predicted molar refractivity (Wildman–Crippen MR) is 367 cm³/mol. The monoisotopic (exact) mass is 1260 g/mol. The van der Waals surface area contributed by atoms with Crippen molar-refractivity contribution in [3.05, 3.63) is 149 Å². The lowest BCUT2D eigenvalue weighted by Gasteiger charge is -2.31. The zero-order valence-corrected chi connectivity index (χ0v) is 57.5. The third-order valence-electron chi connectivity index (χ3n) is 14.1. The Hall–Kier alpha value is -9.75. The standard InChI is InChI=1S/C11H15N3.C10H14N4.C10H16N2.2C9H12N4O.C9H14N2O.C7H11N3O.CH4/c1-7(2)14-6-5-10-8(3)12-9(4)13-11(10)14;1-6(2)14-5-11-9-7(3)12-8(4)13-10(9)14;1-7(2)12-6-8(3)9(4)11-10(12)5;2*1-5(2)13-4-10-7-8(13)11-6(3)12-9(7)14;1-6(2)11-5-7(3)9(12)10-8(11)4;1-5(2)10-4-8-7(9-10)6(3)11;/h5-7H,1-4H3;5-6H,1-4H3;6-7H,5H2,1-4H3;4-5H,1-3H3,(H,11,12,14);4-5,11H,3H2,1-2H3,(H,12,14);5-6H,4H2,1-3H3,(H,10,12);4-5H,1-3H3;1H4. The summed E-state index contributed by atoms with van der Waals surface area (Å²) in [5, 5.41) is 13.4. The van der Waals surface area contributed by atoms with E-state index < -0.39 is 0 Å². The minimum atomic E-state index is -0.205. The van der Waals surface area contributed by atoms with Crippen molar-refractivity contribution >= 4 is 62.5 Å². The number of H-pyrrole nitrogens is 1. The Morgan fingerprint density at radius 1 is 0.522 bits per heavy atom. The zero-order valence-electron chi connectivity index (χ0n) is 57.5. The highest BCUT2D eigenvalue weighted by Crippen LogP contribution is 2.25. The molecule has 2 amide bonds. The molecule has 0 unspecified atom stereocenters. The highest BCUT2D eigenvalue weighted by Gasteiger charge is 2.25. The van der Waals surface area contributed by atoms with Crippen molar-refractivity contribution in [1.82, 2.24) is 98.3 Å². The van der Waals surface area contributed by atoms with Crippen LogP contribution in [0.15, 0.2) is 108 Å². The molecule has 0 aromatic carbocycles. The number of imidazole rings is 3. The number of nitrogens with one attached hydrogen (secondary N) is 4. The summed E-state index contributed by atoms with van der Waals surface area (Å²) in [6.45, 7) is 57.2. The van der Waals surface area contributed by atoms with E-state index in [0.29, 0.717) is 70.1 Å². The van der Waals surface area contributed by atoms with Crippen LogP contribution < -0.4 is 21.5 Å². The third-order valence-corrected chi connectivity index (χ3v) is 14.1. The second-order valence-corrected chi connectivity index (χ2v) is 24.1. The number of aromatic nitrogens is 16. The zero-order chi connectivity index (χ0) is 68.2. The minimum Gasteiger partial charge on any atom is -0.332 e. The van der Waals surface area contributed by atoms with Crippen LogP contribution in [0.2, 0.25) is 0 Å². The van der Waals surface area contributed by atoms with Crippen LogP contribution in [-0.4, -0.2) is 123 Å². The number of aliphatic imine (C=N–C) groups is 1. The molecule has 3 aliphatic heterocycles. The SMILES string of the molecule is C.C=C1N=C(C)C(C)=CN1C(C)C.C=C1NC(=O)C(C)=CN1C(C)C.C=C1NC(=O)c2ncn(C(C)C)c2N1.CC(=O)c1ncn(C(C)C)n1.Cc1nc(C)c2ccn(C(C)C)c2n1.Cc1nc(C)c2ncn(C(C)C)c2n1.Cc1nc2c(ncn2C(C)C)c(=O)[nH]1. The maximum atomic E-state index is 11.5. The number of hydrogen-bond donors (Lipinski definition) is 4. The fourth-order valence-electron chi connectivity index (χ4n) is 9.08. The van der Waals surface area contributed by atoms with Gasteiger partial charge >= 0.3 is 0 Å². The lowest BCUT2D eigenvalue weighted by molar-refractivity contribution is -0.117. The van der Waals surface area contributed by atoms with E-state index in [1.165, 1.54) is 12.5 Å². The van der Waals surface area contributed by atoms with E-state index in [0.717, 1.165) is 62.3 Å². The quantitative estimate of drug-likeness (QED) is 0.103. The van der Waals surface area contributed by atoms with E-state index in [9.17, 15) is 19.2 Å². The van der Waals surface area contributed by atoms with Gasteiger partial charge in [-0.2, -0.15) is 0 Å². The average Bonchev–Trinajstić information content (AvgIpc) is 1.68. The summed E-state index contributed by atoms with van der Waals surface area (Å²) < 4.78 is 9.70. The van der Waals surface area contributed by atoms with Crippen molar-refractivity contribution in [1.29, 1.82) is 0 Å². The minimum absolute atomic E-state index is 0. The molecular formula is C66H98N22O4. The number of carbonyl (C=O) groups excluding carboxylic acids is 3. The molecule has 11 rings (SSSR count). The molecule has 0 fully saturated rings. The van der Waals surface area contributed by atoms with Gasteiger partial charge in [0, 0.05) is 84.5 Å². The molecule has 8 aromatic heterocycles. The molecule has 0 radical (unpaired) electrons. The summed E-state index contributed by atoms with van der Waals surface area (Å²) in [7, 11) is 0. The van der Waals surface area contributed by atoms with Crippen LogP contribution in [0.25, 0.3) is 33.4 Å². The van der Waals surface area contributed by atoms with E-state index in [2.05, 4.69) is 177 Å². The van der Waals surface area contributed by atoms with Crippen LogP contribution in [0.3, 0.4) is 0 Å². The molecule has 496 valence electrons. The van der Waals surface area contributed by atoms with Gasteiger partial charge < -0.3 is 49.0 Å². The highest BCUT2D eigenvalue weighted by atomic mass is 16.2. The lowest BCUT2D eigenvalue weighted by Crippen LogP contribution is -2.40. The molecule has 3 aliphatic rings. The molecule has 26 nitrogen and oxygen atoms in total. The summed E-state index contributed by atoms with van der Waals surface area (Å²) >= 11 is 0. The number of allylic oxidation sites excluding steroid dienone is 1. The molecule has 4 N–H and O–H groups in total. The molecule has 26 heteroatoms. The summed E-state index contributed by atoms with van der Waals surface area (Å²) in [6.07, 6.45) is 12.7. The summed E-state index contributed by atoms with van der Waals surface area (Å²) in [5.74, 6) is 4.90. The van der Waals surface area contributed by atoms with Crippen LogP contribution in [0.4, 0.5) is 5.82 Å². The van der Waals surface area contributed by atoms with Crippen LogP contribution >= 0.6 is 0 Å². The van der Waals surface area contributed by atoms with Gasteiger partial charge in [0.1, 0.15) is 58.2 Å². The molecule has 92 heavy (non-hydrogen) atoms. The molecule has 0 saturated heterocycles. The van der Waals surface area contributed by atoms with Crippen molar-refractivity contribution in [3.8, 4) is 0 Å². The van der Waals surface area contributed by atoms with Crippen molar-refractivity contribution in [2.75, 3.05) is 5.32 Å². The van der Waals surface area contributed by atoms with Gasteiger partial charge in [-0.15, -0.1) is 5.10 Å². The number of carbonyl (C=O) groups is 3. The Bertz CT molecular complexity index is 4000. The van der Waals surface area contributed by atoms with Crippen molar-refractivity contribution in [3.63, 3.8) is 0 Å². The van der Waals surface area contributed by atoms with E-state index in [-0.39, 0.29) is 48.7 Å². The number of fused-ring (bicyclic) bond motifs is 4. The Balaban J connectivity index is 0.000000229. The maximum absolute atomic E-state index is 11.5. The molecule has 11 heterocycles. The Morgan fingerprint density at radius 2 is 1.04 bits per heavy atom. The second kappa shape index (κ2) is 32.3. The number of aromatic amines is 1. The topological polar surface area (TPSA) is 293 Å². The summed E-state index contributed by atoms with van der Waals surface area (Å²) in [4.78, 5) is 93.8. The fraction of sp³-hybridized carbons (Fsp3) is 0.470. The second-order valence-electron chi connectivity index (χ2n) is 24.1. The van der Waals surface area contributed by atoms with Gasteiger partial charge in [0.25, 0.3) is 17.4 Å². The van der Waals surface area contributed by atoms with Gasteiger partial charge in [-0.05, 0) is 164 Å². The van der Waals surface area contributed by atoms with Gasteiger partial charge in [-0.25, -0.2) is 54.5 Å². The summed E-state index contributed by atoms with van der Waals surface area (Å²) in [5.41, 5.74) is 9.21. The molecule has 8 aromatic rings. The number of Topliss-reactive ketones (excluding diaryl/α,β-unsaturated/α-hetero) is 1. The first-order chi connectivity index (χ1) is 42.5. The largest absolute Gasteiger partial charge is 0.332 e. The number of ketones is 1. The van der Waals surface area contributed by atoms with Crippen molar-refractivity contribution < 1.29 is 14.4 Å². The van der Waals surface area contributed by atoms with E-state index >= 15 is 0 Å². The van der Waals surface area contributed by atoms with Crippen molar-refractivity contribution in [2.45, 2.75) is 209 Å². The lowest BCUT2D eigenvalue weighted by atomic mass is 10.2. The van der Waals surface area contributed by atoms with Gasteiger partial charge in [0.15, 0.2) is 28.3 Å². The molecule has 0 bridgehead atoms. The number of aryl methyl sites for hydroxylation is 5. The van der Waals surface area contributed by atoms with Crippen molar-refractivity contribution in [2.24, 2.45) is 4.99 Å².